The van der Waals surface area contributed by atoms with Gasteiger partial charge in [-0.15, -0.1) is 0 Å². The van der Waals surface area contributed by atoms with Gasteiger partial charge in [0.2, 0.25) is 0 Å². The summed E-state index contributed by atoms with van der Waals surface area (Å²) in [6.45, 7) is 19.5. The van der Waals surface area contributed by atoms with Gasteiger partial charge in [-0.2, -0.15) is 0 Å². The minimum atomic E-state index is 0.162. The number of ether oxygens (including phenoxy) is 4. The Morgan fingerprint density at radius 2 is 0.707 bits per heavy atom. The van der Waals surface area contributed by atoms with Crippen LogP contribution in [0.15, 0.2) is 0 Å². The third-order valence-corrected chi connectivity index (χ3v) is 14.7. The lowest BCUT2D eigenvalue weighted by atomic mass is 9.60. The summed E-state index contributed by atoms with van der Waals surface area (Å²) < 4.78 is 25.3. The molecule has 4 saturated heterocycles. The number of hydrogen-bond acceptors (Lipinski definition) is 4. The quantitative estimate of drug-likeness (QED) is 0.277. The Morgan fingerprint density at radius 1 is 0.463 bits per heavy atom. The van der Waals surface area contributed by atoms with Crippen LogP contribution in [0.4, 0.5) is 0 Å². The van der Waals surface area contributed by atoms with Gasteiger partial charge in [0.15, 0.2) is 0 Å². The molecule has 0 bridgehead atoms. The molecule has 16 unspecified atom stereocenters. The van der Waals surface area contributed by atoms with Crippen molar-refractivity contribution in [2.24, 2.45) is 59.2 Å². The predicted molar refractivity (Wildman–Crippen MR) is 161 cm³/mol. The minimum absolute atomic E-state index is 0.162. The van der Waals surface area contributed by atoms with Gasteiger partial charge in [-0.25, -0.2) is 0 Å². The van der Waals surface area contributed by atoms with Crippen molar-refractivity contribution in [3.05, 3.63) is 0 Å². The fraction of sp³-hybridized carbons (Fsp3) is 1.00. The van der Waals surface area contributed by atoms with Crippen LogP contribution in [0, 0.1) is 59.2 Å². The van der Waals surface area contributed by atoms with E-state index in [1.165, 1.54) is 70.6 Å². The van der Waals surface area contributed by atoms with E-state index >= 15 is 0 Å². The first-order valence-corrected chi connectivity index (χ1v) is 18.0. The summed E-state index contributed by atoms with van der Waals surface area (Å²) in [7, 11) is 0. The highest BCUT2D eigenvalue weighted by atomic mass is 16.6. The predicted octanol–water partition coefficient (Wildman–Crippen LogP) is 8.20. The van der Waals surface area contributed by atoms with Crippen molar-refractivity contribution >= 4 is 0 Å². The standard InChI is InChI=1S/C37H60O4/c1-20-12-24(16-34(5)30(20)38-34)28(25-13-21(2)31-35(6,17-25)39-31)10-9-11-29(26-14-22(3)32-36(7,18-26)40-32)27-15-23(4)33-37(8,19-27)41-33/h20-33H,9-19H2,1-8H3. The highest BCUT2D eigenvalue weighted by Crippen LogP contribution is 2.61. The molecule has 8 fully saturated rings. The van der Waals surface area contributed by atoms with Gasteiger partial charge in [-0.3, -0.25) is 0 Å². The first-order valence-electron chi connectivity index (χ1n) is 18.0. The Balaban J connectivity index is 1.01. The second kappa shape index (κ2) is 9.20. The SMILES string of the molecule is CC1CC(C(CCCC(C2CC(C)C3OC3(C)C2)C2CC(C)C3OC3(C)C2)C2CC(C)C3OC3(C)C2)CC2(C)OC12. The lowest BCUT2D eigenvalue weighted by Crippen LogP contribution is -2.40. The van der Waals surface area contributed by atoms with Gasteiger partial charge in [0.1, 0.15) is 0 Å². The van der Waals surface area contributed by atoms with E-state index in [4.69, 9.17) is 18.9 Å². The molecule has 4 heterocycles. The summed E-state index contributed by atoms with van der Waals surface area (Å²) in [5.74, 6) is 7.73. The Kier molecular flexibility index (Phi) is 6.35. The monoisotopic (exact) mass is 568 g/mol. The van der Waals surface area contributed by atoms with Crippen LogP contribution in [0.25, 0.3) is 0 Å². The third-order valence-electron chi connectivity index (χ3n) is 14.7. The third kappa shape index (κ3) is 4.73. The molecule has 4 heteroatoms. The topological polar surface area (TPSA) is 50.1 Å². The number of rotatable bonds is 8. The molecule has 4 aliphatic heterocycles. The minimum Gasteiger partial charge on any atom is -0.366 e. The maximum atomic E-state index is 6.34. The van der Waals surface area contributed by atoms with Gasteiger partial charge in [-0.05, 0) is 151 Å². The summed E-state index contributed by atoms with van der Waals surface area (Å²) >= 11 is 0. The molecule has 0 radical (unpaired) electrons. The Bertz CT molecular complexity index is 890. The summed E-state index contributed by atoms with van der Waals surface area (Å²) in [6, 6.07) is 0. The van der Waals surface area contributed by atoms with Crippen LogP contribution in [0.3, 0.4) is 0 Å². The zero-order chi connectivity index (χ0) is 28.7. The number of fused-ring (bicyclic) bond motifs is 4. The molecule has 8 aliphatic rings. The van der Waals surface area contributed by atoms with E-state index in [1.807, 2.05) is 0 Å². The summed E-state index contributed by atoms with van der Waals surface area (Å²) in [5.41, 5.74) is 0.646. The first kappa shape index (κ1) is 28.3. The molecule has 4 nitrogen and oxygen atoms in total. The number of epoxide rings is 4. The van der Waals surface area contributed by atoms with Crippen molar-refractivity contribution in [2.75, 3.05) is 0 Å². The maximum Gasteiger partial charge on any atom is 0.0926 e. The second-order valence-electron chi connectivity index (χ2n) is 18.4. The van der Waals surface area contributed by atoms with Gasteiger partial charge in [0.05, 0.1) is 46.8 Å². The largest absolute Gasteiger partial charge is 0.366 e. The lowest BCUT2D eigenvalue weighted by Gasteiger charge is -2.43. The van der Waals surface area contributed by atoms with Crippen molar-refractivity contribution in [3.8, 4) is 0 Å². The van der Waals surface area contributed by atoms with E-state index in [9.17, 15) is 0 Å². The zero-order valence-corrected chi connectivity index (χ0v) is 27.5. The van der Waals surface area contributed by atoms with E-state index in [-0.39, 0.29) is 22.4 Å². The van der Waals surface area contributed by atoms with Crippen LogP contribution in [0.5, 0.6) is 0 Å². The molecule has 4 saturated carbocycles. The lowest BCUT2D eigenvalue weighted by molar-refractivity contribution is 0.0754. The molecule has 16 atom stereocenters. The van der Waals surface area contributed by atoms with Crippen LogP contribution < -0.4 is 0 Å². The van der Waals surface area contributed by atoms with E-state index in [2.05, 4.69) is 55.4 Å². The molecule has 0 aromatic rings. The molecule has 0 spiro atoms. The summed E-state index contributed by atoms with van der Waals surface area (Å²) in [5, 5.41) is 0. The average molecular weight is 569 g/mol. The molecule has 0 aromatic carbocycles. The van der Waals surface area contributed by atoms with Crippen molar-refractivity contribution < 1.29 is 18.9 Å². The summed E-state index contributed by atoms with van der Waals surface area (Å²) in [6.07, 6.45) is 16.9. The van der Waals surface area contributed by atoms with Gasteiger partial charge in [0, 0.05) is 0 Å². The molecule has 0 aromatic heterocycles. The van der Waals surface area contributed by atoms with Crippen molar-refractivity contribution in [1.82, 2.24) is 0 Å². The number of hydrogen-bond donors (Lipinski definition) is 0. The van der Waals surface area contributed by atoms with E-state index in [0.29, 0.717) is 48.1 Å². The van der Waals surface area contributed by atoms with Crippen molar-refractivity contribution in [2.45, 2.75) is 173 Å². The van der Waals surface area contributed by atoms with Crippen LogP contribution in [0.2, 0.25) is 0 Å². The Hall–Kier alpha value is -0.160. The van der Waals surface area contributed by atoms with Crippen LogP contribution in [0.1, 0.15) is 126 Å². The molecule has 41 heavy (non-hydrogen) atoms. The first-order chi connectivity index (χ1) is 19.3. The molecule has 0 amide bonds. The maximum absolute atomic E-state index is 6.34. The van der Waals surface area contributed by atoms with Gasteiger partial charge in [0.25, 0.3) is 0 Å². The average Bonchev–Trinajstić information content (AvgIpc) is 3.73. The molecular formula is C37H60O4. The smallest absolute Gasteiger partial charge is 0.0926 e. The van der Waals surface area contributed by atoms with E-state index < -0.39 is 0 Å². The Morgan fingerprint density at radius 3 is 0.927 bits per heavy atom. The van der Waals surface area contributed by atoms with E-state index in [0.717, 1.165) is 35.5 Å². The van der Waals surface area contributed by atoms with E-state index in [1.54, 1.807) is 0 Å². The van der Waals surface area contributed by atoms with Crippen LogP contribution in [-0.2, 0) is 18.9 Å². The Labute approximate surface area is 250 Å². The second-order valence-corrected chi connectivity index (χ2v) is 18.4. The molecule has 232 valence electrons. The van der Waals surface area contributed by atoms with Crippen LogP contribution in [-0.4, -0.2) is 46.8 Å². The fourth-order valence-corrected chi connectivity index (χ4v) is 13.0. The van der Waals surface area contributed by atoms with Crippen LogP contribution >= 0.6 is 0 Å². The fourth-order valence-electron chi connectivity index (χ4n) is 13.0. The van der Waals surface area contributed by atoms with Gasteiger partial charge < -0.3 is 18.9 Å². The molecule has 8 rings (SSSR count). The molecule has 4 aliphatic carbocycles. The highest BCUT2D eigenvalue weighted by molar-refractivity contribution is 5.13. The highest BCUT2D eigenvalue weighted by Gasteiger charge is 2.64. The molecular weight excluding hydrogens is 508 g/mol. The van der Waals surface area contributed by atoms with Crippen molar-refractivity contribution in [3.63, 3.8) is 0 Å². The molecule has 0 N–H and O–H groups in total. The zero-order valence-electron chi connectivity index (χ0n) is 27.5. The van der Waals surface area contributed by atoms with Gasteiger partial charge in [-0.1, -0.05) is 34.1 Å². The summed E-state index contributed by atoms with van der Waals surface area (Å²) in [4.78, 5) is 0. The van der Waals surface area contributed by atoms with Gasteiger partial charge >= 0.3 is 0 Å². The van der Waals surface area contributed by atoms with Crippen molar-refractivity contribution in [1.29, 1.82) is 0 Å². The normalized spacial score (nSPS) is 61.5.